The van der Waals surface area contributed by atoms with Crippen LogP contribution in [0.4, 0.5) is 0 Å². The second kappa shape index (κ2) is 4.71. The molecule has 3 rings (SSSR count). The van der Waals surface area contributed by atoms with E-state index in [1.807, 2.05) is 10.8 Å². The first kappa shape index (κ1) is 12.2. The molecule has 0 radical (unpaired) electrons. The van der Waals surface area contributed by atoms with Crippen LogP contribution >= 0.6 is 11.3 Å². The fourth-order valence-corrected chi connectivity index (χ4v) is 2.65. The van der Waals surface area contributed by atoms with Crippen LogP contribution in [0, 0.1) is 0 Å². The molecule has 0 aromatic carbocycles. The van der Waals surface area contributed by atoms with Gasteiger partial charge in [0.15, 0.2) is 10.8 Å². The molecule has 2 N–H and O–H groups in total. The maximum atomic E-state index is 5.52. The lowest BCUT2D eigenvalue weighted by atomic mass is 10.2. The van der Waals surface area contributed by atoms with Crippen molar-refractivity contribution in [1.29, 1.82) is 0 Å². The third kappa shape index (κ3) is 2.13. The van der Waals surface area contributed by atoms with E-state index in [-0.39, 0.29) is 0 Å². The summed E-state index contributed by atoms with van der Waals surface area (Å²) in [6.45, 7) is 5.50. The minimum Gasteiger partial charge on any atom is -0.335 e. The molecule has 0 amide bonds. The second-order valence-corrected chi connectivity index (χ2v) is 5.56. The summed E-state index contributed by atoms with van der Waals surface area (Å²) >= 11 is 1.49. The van der Waals surface area contributed by atoms with Crippen molar-refractivity contribution < 1.29 is 0 Å². The average Bonchev–Trinajstić information content (AvgIpc) is 3.00. The molecule has 0 unspecified atom stereocenters. The maximum absolute atomic E-state index is 5.52. The maximum Gasteiger partial charge on any atom is 0.235 e. The number of hydrogen-bond acceptors (Lipinski definition) is 6. The molecule has 8 heteroatoms. The van der Waals surface area contributed by atoms with Gasteiger partial charge in [-0.25, -0.2) is 4.98 Å². The Bertz CT molecular complexity index is 693. The predicted molar refractivity (Wildman–Crippen MR) is 73.0 cm³/mol. The van der Waals surface area contributed by atoms with E-state index in [0.29, 0.717) is 12.5 Å². The highest BCUT2D eigenvalue weighted by Gasteiger charge is 2.16. The molecule has 0 fully saturated rings. The van der Waals surface area contributed by atoms with E-state index in [0.717, 1.165) is 28.0 Å². The summed E-state index contributed by atoms with van der Waals surface area (Å²) in [5, 5.41) is 13.7. The van der Waals surface area contributed by atoms with Gasteiger partial charge in [0.25, 0.3) is 0 Å². The van der Waals surface area contributed by atoms with E-state index in [4.69, 9.17) is 5.73 Å². The van der Waals surface area contributed by atoms with Crippen LogP contribution in [0.5, 0.6) is 0 Å². The van der Waals surface area contributed by atoms with Gasteiger partial charge >= 0.3 is 0 Å². The quantitative estimate of drug-likeness (QED) is 0.772. The molecular formula is C11H15N7S. The summed E-state index contributed by atoms with van der Waals surface area (Å²) in [6.07, 6.45) is 3.72. The highest BCUT2D eigenvalue weighted by molar-refractivity contribution is 7.19. The number of aromatic nitrogens is 6. The zero-order valence-corrected chi connectivity index (χ0v) is 11.6. The first-order valence-corrected chi connectivity index (χ1v) is 6.95. The molecule has 3 aromatic heterocycles. The summed E-state index contributed by atoms with van der Waals surface area (Å²) in [5.41, 5.74) is 6.37. The lowest BCUT2D eigenvalue weighted by Gasteiger charge is -1.97. The Morgan fingerprint density at radius 3 is 2.95 bits per heavy atom. The van der Waals surface area contributed by atoms with Crippen molar-refractivity contribution in [3.8, 4) is 10.7 Å². The number of fused-ring (bicyclic) bond motifs is 1. The molecule has 0 spiro atoms. The van der Waals surface area contributed by atoms with E-state index in [1.165, 1.54) is 11.3 Å². The third-order valence-electron chi connectivity index (χ3n) is 2.77. The van der Waals surface area contributed by atoms with Crippen molar-refractivity contribution in [2.75, 3.05) is 6.54 Å². The van der Waals surface area contributed by atoms with Gasteiger partial charge in [0, 0.05) is 25.2 Å². The van der Waals surface area contributed by atoms with E-state index in [2.05, 4.69) is 34.1 Å². The van der Waals surface area contributed by atoms with Crippen molar-refractivity contribution in [2.45, 2.75) is 26.3 Å². The van der Waals surface area contributed by atoms with Crippen molar-refractivity contribution in [3.63, 3.8) is 0 Å². The number of hydrogen-bond donors (Lipinski definition) is 1. The smallest absolute Gasteiger partial charge is 0.235 e. The Kier molecular flexibility index (Phi) is 3.03. The average molecular weight is 277 g/mol. The normalized spacial score (nSPS) is 11.8. The van der Waals surface area contributed by atoms with Gasteiger partial charge in [0.1, 0.15) is 5.69 Å². The summed E-state index contributed by atoms with van der Waals surface area (Å²) < 4.78 is 3.76. The van der Waals surface area contributed by atoms with E-state index in [1.54, 1.807) is 10.8 Å². The van der Waals surface area contributed by atoms with Gasteiger partial charge in [-0.05, 0) is 0 Å². The zero-order valence-electron chi connectivity index (χ0n) is 10.8. The first-order chi connectivity index (χ1) is 9.19. The first-order valence-electron chi connectivity index (χ1n) is 6.13. The van der Waals surface area contributed by atoms with Crippen LogP contribution in [0.1, 0.15) is 25.6 Å². The Labute approximate surface area is 114 Å². The fraction of sp³-hybridized carbons (Fsp3) is 0.455. The van der Waals surface area contributed by atoms with Crippen LogP contribution in [0.3, 0.4) is 0 Å². The van der Waals surface area contributed by atoms with Crippen LogP contribution < -0.4 is 5.73 Å². The van der Waals surface area contributed by atoms with Gasteiger partial charge < -0.3 is 10.3 Å². The third-order valence-corrected chi connectivity index (χ3v) is 3.69. The van der Waals surface area contributed by atoms with Gasteiger partial charge in [0.05, 0.1) is 6.33 Å². The molecule has 0 aliphatic carbocycles. The van der Waals surface area contributed by atoms with E-state index < -0.39 is 0 Å². The lowest BCUT2D eigenvalue weighted by molar-refractivity contribution is 0.708. The van der Waals surface area contributed by atoms with Gasteiger partial charge in [0.2, 0.25) is 4.96 Å². The largest absolute Gasteiger partial charge is 0.335 e. The summed E-state index contributed by atoms with van der Waals surface area (Å²) in [7, 11) is 0. The van der Waals surface area contributed by atoms with Gasteiger partial charge in [-0.15, -0.1) is 10.2 Å². The van der Waals surface area contributed by atoms with Crippen molar-refractivity contribution in [2.24, 2.45) is 5.73 Å². The highest BCUT2D eigenvalue weighted by atomic mass is 32.1. The molecule has 0 saturated heterocycles. The summed E-state index contributed by atoms with van der Waals surface area (Å²) in [5.74, 6) is 1.17. The molecule has 3 heterocycles. The minimum atomic E-state index is 0.291. The lowest BCUT2D eigenvalue weighted by Crippen LogP contribution is -2.07. The van der Waals surface area contributed by atoms with Crippen molar-refractivity contribution in [3.05, 3.63) is 18.3 Å². The number of rotatable bonds is 4. The second-order valence-electron chi connectivity index (χ2n) is 4.60. The van der Waals surface area contributed by atoms with Crippen LogP contribution in [0.2, 0.25) is 0 Å². The van der Waals surface area contributed by atoms with Gasteiger partial charge in [-0.3, -0.25) is 0 Å². The summed E-state index contributed by atoms with van der Waals surface area (Å²) in [6, 6.07) is 0. The number of nitrogens with zero attached hydrogens (tertiary/aromatic N) is 6. The topological polar surface area (TPSA) is 86.9 Å². The predicted octanol–water partition coefficient (Wildman–Crippen LogP) is 1.13. The SMILES string of the molecule is CC(C)c1nnc2sc(-c3cn(CCN)cn3)nn12. The van der Waals surface area contributed by atoms with Crippen LogP contribution in [-0.4, -0.2) is 35.9 Å². The van der Waals surface area contributed by atoms with Gasteiger partial charge in [-0.1, -0.05) is 25.2 Å². The molecule has 0 atom stereocenters. The van der Waals surface area contributed by atoms with Crippen LogP contribution in [-0.2, 0) is 6.54 Å². The van der Waals surface area contributed by atoms with Crippen molar-refractivity contribution >= 4 is 16.3 Å². The fourth-order valence-electron chi connectivity index (χ4n) is 1.84. The molecule has 7 nitrogen and oxygen atoms in total. The Morgan fingerprint density at radius 2 is 2.21 bits per heavy atom. The standard InChI is InChI=1S/C11H15N7S/c1-7(2)9-14-15-11-18(9)16-10(19-11)8-5-17(4-3-12)6-13-8/h5-7H,3-4,12H2,1-2H3. The number of imidazole rings is 1. The molecule has 0 bridgehead atoms. The molecule has 100 valence electrons. The number of nitrogens with two attached hydrogens (primary N) is 1. The van der Waals surface area contributed by atoms with Crippen molar-refractivity contribution in [1.82, 2.24) is 29.4 Å². The van der Waals surface area contributed by atoms with E-state index in [9.17, 15) is 0 Å². The Hall–Kier alpha value is -1.80. The molecule has 0 aliphatic heterocycles. The molecular weight excluding hydrogens is 262 g/mol. The Morgan fingerprint density at radius 1 is 1.37 bits per heavy atom. The van der Waals surface area contributed by atoms with Crippen LogP contribution in [0.25, 0.3) is 15.7 Å². The molecule has 3 aromatic rings. The minimum absolute atomic E-state index is 0.291. The highest BCUT2D eigenvalue weighted by Crippen LogP contribution is 2.25. The van der Waals surface area contributed by atoms with E-state index >= 15 is 0 Å². The molecule has 0 aliphatic rings. The zero-order chi connectivity index (χ0) is 13.4. The Balaban J connectivity index is 2.00. The summed E-state index contributed by atoms with van der Waals surface area (Å²) in [4.78, 5) is 5.15. The van der Waals surface area contributed by atoms with Gasteiger partial charge in [-0.2, -0.15) is 9.61 Å². The molecule has 19 heavy (non-hydrogen) atoms. The monoisotopic (exact) mass is 277 g/mol. The van der Waals surface area contributed by atoms with Crippen LogP contribution in [0.15, 0.2) is 12.5 Å². The molecule has 0 saturated carbocycles.